The van der Waals surface area contributed by atoms with Crippen LogP contribution in [0.15, 0.2) is 0 Å². The standard InChI is InChI=1S/C32H56N8.2ClH.Sn/c1-2-10-18-17(9-1)25-33-26(18)38-28-21-13-5-6-14-22(21)30(35-28)40-32-24-16-8-7-15-23(24)31(36-32)39-29-20-12-4-3-11-19(20)27(34-29)37-25;;;/h17-40H,1-16H2;2*1H;/q;;;+2/p-2. The zero-order valence-electron chi connectivity index (χ0n) is 25.8. The number of fused-ring (bicyclic) bond motifs is 20. The summed E-state index contributed by atoms with van der Waals surface area (Å²) in [6.07, 6.45) is 25.6. The number of halogens is 2. The summed E-state index contributed by atoms with van der Waals surface area (Å²) in [5.74, 6) is 5.97. The Hall–Kier alpha value is 1.06. The van der Waals surface area contributed by atoms with Crippen molar-refractivity contribution in [1.82, 2.24) is 42.5 Å². The van der Waals surface area contributed by atoms with Crippen molar-refractivity contribution < 1.29 is 0 Å². The van der Waals surface area contributed by atoms with E-state index in [0.29, 0.717) is 49.3 Å². The fraction of sp³-hybridized carbons (Fsp3) is 1.00. The maximum absolute atomic E-state index is 4.93. The molecule has 0 amide bonds. The molecule has 2 radical (unpaired) electrons. The Morgan fingerprint density at radius 2 is 0.395 bits per heavy atom. The molecule has 5 heterocycles. The van der Waals surface area contributed by atoms with Crippen LogP contribution in [0, 0.1) is 47.3 Å². The zero-order chi connectivity index (χ0) is 28.9. The third-order valence-electron chi connectivity index (χ3n) is 13.8. The van der Waals surface area contributed by atoms with Gasteiger partial charge in [0.15, 0.2) is 0 Å². The molecule has 11 heteroatoms. The fourth-order valence-corrected chi connectivity index (χ4v) is 12.0. The molecule has 0 aromatic heterocycles. The first-order valence-electron chi connectivity index (χ1n) is 18.3. The van der Waals surface area contributed by atoms with Crippen molar-refractivity contribution in [3.63, 3.8) is 0 Å². The number of hydrogen-bond acceptors (Lipinski definition) is 8. The van der Waals surface area contributed by atoms with Crippen molar-refractivity contribution >= 4 is 36.7 Å². The van der Waals surface area contributed by atoms with Crippen LogP contribution < -0.4 is 42.5 Å². The molecule has 242 valence electrons. The van der Waals surface area contributed by atoms with Crippen LogP contribution >= 0.6 is 17.8 Å². The van der Waals surface area contributed by atoms with Gasteiger partial charge in [0.05, 0.1) is 49.3 Å². The third kappa shape index (κ3) is 6.10. The van der Waals surface area contributed by atoms with E-state index in [1.165, 1.54) is 103 Å². The van der Waals surface area contributed by atoms with Gasteiger partial charge in [-0.3, -0.25) is 42.5 Å². The Bertz CT molecular complexity index is 743. The Labute approximate surface area is 277 Å². The summed E-state index contributed by atoms with van der Waals surface area (Å²) in [6.45, 7) is 0. The molecule has 9 fully saturated rings. The minimum absolute atomic E-state index is 0.420. The predicted octanol–water partition coefficient (Wildman–Crippen LogP) is 3.60. The van der Waals surface area contributed by atoms with Crippen LogP contribution in [0.4, 0.5) is 0 Å². The van der Waals surface area contributed by atoms with E-state index >= 15 is 0 Å². The summed E-state index contributed by atoms with van der Waals surface area (Å²) in [4.78, 5) is 0. The Balaban J connectivity index is 0.000000892. The van der Waals surface area contributed by atoms with Gasteiger partial charge in [-0.15, -0.1) is 0 Å². The van der Waals surface area contributed by atoms with Gasteiger partial charge in [-0.1, -0.05) is 51.4 Å². The molecule has 4 saturated carbocycles. The molecule has 8 atom stereocenters. The van der Waals surface area contributed by atoms with Crippen molar-refractivity contribution in [3.8, 4) is 0 Å². The predicted molar refractivity (Wildman–Crippen MR) is 175 cm³/mol. The van der Waals surface area contributed by atoms with Crippen LogP contribution in [0.5, 0.6) is 0 Å². The quantitative estimate of drug-likeness (QED) is 0.179. The molecule has 9 aliphatic rings. The van der Waals surface area contributed by atoms with Gasteiger partial charge < -0.3 is 0 Å². The van der Waals surface area contributed by atoms with Crippen LogP contribution in [0.1, 0.15) is 103 Å². The van der Waals surface area contributed by atoms with Gasteiger partial charge in [-0.25, -0.2) is 0 Å². The maximum atomic E-state index is 4.93. The summed E-state index contributed by atoms with van der Waals surface area (Å²) >= 11 is -0.826. The van der Waals surface area contributed by atoms with E-state index in [9.17, 15) is 0 Å². The average Bonchev–Trinajstić information content (AvgIpc) is 3.77. The average molecular weight is 742 g/mol. The summed E-state index contributed by atoms with van der Waals surface area (Å²) in [6, 6.07) is 0. The van der Waals surface area contributed by atoms with Gasteiger partial charge >= 0.3 is 36.7 Å². The van der Waals surface area contributed by atoms with E-state index < -0.39 is 18.9 Å². The topological polar surface area (TPSA) is 96.2 Å². The summed E-state index contributed by atoms with van der Waals surface area (Å²) in [7, 11) is 9.87. The number of hydrogen-bond donors (Lipinski definition) is 8. The van der Waals surface area contributed by atoms with Gasteiger partial charge in [-0.05, 0) is 98.7 Å². The molecule has 4 aliphatic carbocycles. The second kappa shape index (κ2) is 13.9. The van der Waals surface area contributed by atoms with E-state index in [1.807, 2.05) is 0 Å². The first-order chi connectivity index (χ1) is 21.2. The zero-order valence-corrected chi connectivity index (χ0v) is 30.2. The van der Waals surface area contributed by atoms with Crippen LogP contribution in [-0.4, -0.2) is 68.2 Å². The number of rotatable bonds is 0. The van der Waals surface area contributed by atoms with Gasteiger partial charge in [0, 0.05) is 0 Å². The Kier molecular flexibility index (Phi) is 10.1. The van der Waals surface area contributed by atoms with Crippen molar-refractivity contribution in [3.05, 3.63) is 0 Å². The van der Waals surface area contributed by atoms with E-state index in [4.69, 9.17) is 17.8 Å². The summed E-state index contributed by atoms with van der Waals surface area (Å²) < 4.78 is 0. The fourth-order valence-electron chi connectivity index (χ4n) is 12.0. The summed E-state index contributed by atoms with van der Waals surface area (Å²) in [5, 5.41) is 33.8. The molecule has 9 rings (SSSR count). The molecular formula is C32H56Cl2N8Sn. The van der Waals surface area contributed by atoms with Gasteiger partial charge in [0.2, 0.25) is 0 Å². The van der Waals surface area contributed by atoms with Gasteiger partial charge in [-0.2, -0.15) is 0 Å². The molecule has 8 unspecified atom stereocenters. The second-order valence-corrected chi connectivity index (χ2v) is 19.9. The van der Waals surface area contributed by atoms with Crippen LogP contribution in [0.25, 0.3) is 0 Å². The Morgan fingerprint density at radius 1 is 0.279 bits per heavy atom. The summed E-state index contributed by atoms with van der Waals surface area (Å²) in [5.41, 5.74) is 0. The van der Waals surface area contributed by atoms with Crippen LogP contribution in [0.2, 0.25) is 0 Å². The molecule has 5 saturated heterocycles. The van der Waals surface area contributed by atoms with Crippen molar-refractivity contribution in [2.45, 2.75) is 152 Å². The van der Waals surface area contributed by atoms with Crippen LogP contribution in [-0.2, 0) is 0 Å². The molecule has 8 nitrogen and oxygen atoms in total. The molecule has 0 aromatic carbocycles. The van der Waals surface area contributed by atoms with E-state index in [0.717, 1.165) is 47.3 Å². The number of nitrogens with one attached hydrogen (secondary N) is 8. The monoisotopic (exact) mass is 742 g/mol. The van der Waals surface area contributed by atoms with E-state index in [2.05, 4.69) is 42.5 Å². The van der Waals surface area contributed by atoms with Gasteiger partial charge in [0.1, 0.15) is 0 Å². The molecule has 8 bridgehead atoms. The molecule has 5 aliphatic heterocycles. The molecule has 0 aromatic rings. The van der Waals surface area contributed by atoms with Crippen molar-refractivity contribution in [2.75, 3.05) is 0 Å². The van der Waals surface area contributed by atoms with E-state index in [-0.39, 0.29) is 0 Å². The Morgan fingerprint density at radius 3 is 0.512 bits per heavy atom. The van der Waals surface area contributed by atoms with Gasteiger partial charge in [0.25, 0.3) is 0 Å². The van der Waals surface area contributed by atoms with Crippen molar-refractivity contribution in [2.24, 2.45) is 47.3 Å². The molecular weight excluding hydrogens is 686 g/mol. The SMILES string of the molecule is C1CCC2C3NC(NC4NC(NC5NC(NC6NC(N3)C3CCCCC63)C3CCCCC53)C3CCCCC43)C2C1.[Cl][Sn][Cl]. The normalized spacial score (nSPS) is 54.0. The first-order valence-corrected chi connectivity index (χ1v) is 25.5. The van der Waals surface area contributed by atoms with E-state index in [1.54, 1.807) is 0 Å². The molecule has 8 N–H and O–H groups in total. The third-order valence-corrected chi connectivity index (χ3v) is 13.8. The molecule has 43 heavy (non-hydrogen) atoms. The minimum atomic E-state index is -0.826. The first kappa shape index (κ1) is 31.3. The van der Waals surface area contributed by atoms with Crippen LogP contribution in [0.3, 0.4) is 0 Å². The second-order valence-electron chi connectivity index (χ2n) is 15.7. The molecule has 0 spiro atoms. The van der Waals surface area contributed by atoms with Crippen molar-refractivity contribution in [1.29, 1.82) is 0 Å².